The van der Waals surface area contributed by atoms with E-state index in [0.29, 0.717) is 43.2 Å². The highest BCUT2D eigenvalue weighted by Gasteiger charge is 2.73. The number of ether oxygens (including phenoxy) is 1. The summed E-state index contributed by atoms with van der Waals surface area (Å²) in [6.45, 7) is 3.23. The SMILES string of the molecule is C[C@]12/C=C\CCCCOC(=O)[C@H]1[C@H]1C(=O)N(CCCCCCO)C3C(=O)N(c4ccccc4Cl)CC=C[C@@]31S2. The Bertz CT molecular complexity index is 1170. The van der Waals surface area contributed by atoms with Crippen molar-refractivity contribution in [3.63, 3.8) is 0 Å². The predicted molar refractivity (Wildman–Crippen MR) is 154 cm³/mol. The smallest absolute Gasteiger partial charge is 0.311 e. The van der Waals surface area contributed by atoms with Crippen LogP contribution in [0.1, 0.15) is 51.9 Å². The summed E-state index contributed by atoms with van der Waals surface area (Å²) in [5.41, 5.74) is 0.608. The summed E-state index contributed by atoms with van der Waals surface area (Å²) < 4.78 is 4.14. The molecule has 0 radical (unpaired) electrons. The Balaban J connectivity index is 1.58. The Hall–Kier alpha value is -2.29. The average Bonchev–Trinajstić information content (AvgIpc) is 3.24. The standard InChI is InChI=1S/C30H37ClN2O5S/c1-29-15-8-2-5-11-20-38-28(37)24(29)23-26(35)33(17-9-3-4-10-19-34)25-27(36)32(18-12-16-30(23,25)39-29)22-14-7-6-13-21(22)31/h6-8,12-16,23-25,34H,2-5,9-11,17-20H2,1H3/b15-8-/t23-,24+,25?,29-,30-/m0/s1. The number of likely N-dealkylation sites (tertiary alicyclic amines) is 1. The van der Waals surface area contributed by atoms with E-state index in [1.165, 1.54) is 0 Å². The minimum Gasteiger partial charge on any atom is -0.465 e. The van der Waals surface area contributed by atoms with E-state index < -0.39 is 27.4 Å². The summed E-state index contributed by atoms with van der Waals surface area (Å²) in [7, 11) is 0. The van der Waals surface area contributed by atoms with E-state index >= 15 is 0 Å². The van der Waals surface area contributed by atoms with E-state index in [2.05, 4.69) is 12.2 Å². The minimum atomic E-state index is -0.911. The number of allylic oxidation sites excluding steroid dienone is 1. The monoisotopic (exact) mass is 572 g/mol. The molecule has 0 aliphatic carbocycles. The van der Waals surface area contributed by atoms with Crippen LogP contribution in [-0.2, 0) is 19.1 Å². The molecule has 7 nitrogen and oxygen atoms in total. The van der Waals surface area contributed by atoms with Gasteiger partial charge >= 0.3 is 5.97 Å². The lowest BCUT2D eigenvalue weighted by atomic mass is 9.74. The highest BCUT2D eigenvalue weighted by Crippen LogP contribution is 2.65. The summed E-state index contributed by atoms with van der Waals surface area (Å²) in [4.78, 5) is 45.8. The number of benzene rings is 1. The fourth-order valence-corrected chi connectivity index (χ4v) is 9.06. The zero-order valence-electron chi connectivity index (χ0n) is 22.4. The fourth-order valence-electron chi connectivity index (χ4n) is 6.67. The number of rotatable bonds is 7. The first-order valence-electron chi connectivity index (χ1n) is 14.0. The fraction of sp³-hybridized carbons (Fsp3) is 0.567. The number of aliphatic hydroxyl groups is 1. The van der Waals surface area contributed by atoms with Crippen LogP contribution in [0.3, 0.4) is 0 Å². The normalized spacial score (nSPS) is 33.3. The van der Waals surface area contributed by atoms with Crippen molar-refractivity contribution in [2.24, 2.45) is 11.8 Å². The molecule has 2 saturated heterocycles. The van der Waals surface area contributed by atoms with Gasteiger partial charge in [-0.2, -0.15) is 0 Å². The van der Waals surface area contributed by atoms with Crippen LogP contribution in [0.2, 0.25) is 5.02 Å². The maximum absolute atomic E-state index is 14.5. The second-order valence-corrected chi connectivity index (χ2v) is 13.2. The number of amides is 2. The number of aliphatic hydroxyl groups excluding tert-OH is 1. The van der Waals surface area contributed by atoms with E-state index in [1.807, 2.05) is 37.3 Å². The van der Waals surface area contributed by atoms with Crippen molar-refractivity contribution in [2.75, 3.05) is 31.2 Å². The Kier molecular flexibility index (Phi) is 8.45. The average molecular weight is 573 g/mol. The number of nitrogens with zero attached hydrogens (tertiary/aromatic N) is 2. The Morgan fingerprint density at radius 3 is 2.62 bits per heavy atom. The van der Waals surface area contributed by atoms with Gasteiger partial charge in [0.25, 0.3) is 5.91 Å². The molecular weight excluding hydrogens is 536 g/mol. The molecule has 4 aliphatic rings. The van der Waals surface area contributed by atoms with E-state index in [9.17, 15) is 14.4 Å². The topological polar surface area (TPSA) is 87.1 Å². The quantitative estimate of drug-likeness (QED) is 0.288. The molecule has 0 aromatic heterocycles. The van der Waals surface area contributed by atoms with Gasteiger partial charge < -0.3 is 19.6 Å². The maximum atomic E-state index is 14.5. The predicted octanol–water partition coefficient (Wildman–Crippen LogP) is 4.77. The van der Waals surface area contributed by atoms with Crippen LogP contribution in [0, 0.1) is 11.8 Å². The summed E-state index contributed by atoms with van der Waals surface area (Å²) in [5, 5.41) is 9.63. The minimum absolute atomic E-state index is 0.138. The number of cyclic esters (lactones) is 1. The highest BCUT2D eigenvalue weighted by molar-refractivity contribution is 8.02. The number of halogens is 1. The number of carbonyl (C=O) groups excluding carboxylic acids is 3. The van der Waals surface area contributed by atoms with Gasteiger partial charge in [0.2, 0.25) is 5.91 Å². The molecule has 1 N–H and O–H groups in total. The largest absolute Gasteiger partial charge is 0.465 e. The van der Waals surface area contributed by atoms with Crippen molar-refractivity contribution in [3.05, 3.63) is 53.6 Å². The lowest BCUT2D eigenvalue weighted by Gasteiger charge is -2.37. The van der Waals surface area contributed by atoms with Gasteiger partial charge in [0, 0.05) is 24.4 Å². The molecule has 4 heterocycles. The summed E-state index contributed by atoms with van der Waals surface area (Å²) in [6, 6.07) is 6.48. The Morgan fingerprint density at radius 2 is 1.82 bits per heavy atom. The van der Waals surface area contributed by atoms with Crippen LogP contribution >= 0.6 is 23.4 Å². The molecule has 0 bridgehead atoms. The molecule has 5 atom stereocenters. The van der Waals surface area contributed by atoms with Gasteiger partial charge in [0.05, 0.1) is 33.9 Å². The number of carbonyl (C=O) groups is 3. The van der Waals surface area contributed by atoms with Crippen molar-refractivity contribution in [2.45, 2.75) is 67.4 Å². The van der Waals surface area contributed by atoms with Crippen molar-refractivity contribution >= 4 is 46.8 Å². The maximum Gasteiger partial charge on any atom is 0.311 e. The molecule has 5 rings (SSSR count). The van der Waals surface area contributed by atoms with E-state index in [4.69, 9.17) is 21.4 Å². The second kappa shape index (κ2) is 11.7. The van der Waals surface area contributed by atoms with Crippen LogP contribution in [-0.4, -0.2) is 69.6 Å². The van der Waals surface area contributed by atoms with Gasteiger partial charge in [0.15, 0.2) is 0 Å². The van der Waals surface area contributed by atoms with Crippen molar-refractivity contribution in [1.82, 2.24) is 4.90 Å². The van der Waals surface area contributed by atoms with Gasteiger partial charge in [-0.1, -0.05) is 60.9 Å². The zero-order chi connectivity index (χ0) is 27.6. The van der Waals surface area contributed by atoms with E-state index in [0.717, 1.165) is 32.1 Å². The first kappa shape index (κ1) is 28.2. The third-order valence-electron chi connectivity index (χ3n) is 8.45. The molecule has 2 amide bonds. The zero-order valence-corrected chi connectivity index (χ0v) is 24.0. The first-order chi connectivity index (χ1) is 18.8. The van der Waals surface area contributed by atoms with Gasteiger partial charge in [-0.05, 0) is 51.2 Å². The molecule has 0 saturated carbocycles. The second-order valence-electron chi connectivity index (χ2n) is 11.0. The summed E-state index contributed by atoms with van der Waals surface area (Å²) in [5.74, 6) is -2.11. The van der Waals surface area contributed by atoms with E-state index in [-0.39, 0.29) is 24.4 Å². The number of unbranched alkanes of at least 4 members (excludes halogenated alkanes) is 3. The molecule has 1 spiro atoms. The van der Waals surface area contributed by atoms with Crippen LogP contribution in [0.15, 0.2) is 48.6 Å². The number of hydrogen-bond donors (Lipinski definition) is 1. The van der Waals surface area contributed by atoms with Crippen LogP contribution < -0.4 is 4.90 Å². The van der Waals surface area contributed by atoms with Crippen molar-refractivity contribution < 1.29 is 24.2 Å². The highest BCUT2D eigenvalue weighted by atomic mass is 35.5. The van der Waals surface area contributed by atoms with Gasteiger partial charge in [-0.25, -0.2) is 0 Å². The molecule has 9 heteroatoms. The van der Waals surface area contributed by atoms with Crippen molar-refractivity contribution in [1.29, 1.82) is 0 Å². The molecular formula is C30H37ClN2O5S. The van der Waals surface area contributed by atoms with Crippen LogP contribution in [0.25, 0.3) is 0 Å². The van der Waals surface area contributed by atoms with E-state index in [1.54, 1.807) is 27.6 Å². The molecule has 1 unspecified atom stereocenters. The number of fused-ring (bicyclic) bond motifs is 2. The molecule has 4 aliphatic heterocycles. The summed E-state index contributed by atoms with van der Waals surface area (Å²) in [6.07, 6.45) is 13.9. The number of anilines is 1. The first-order valence-corrected chi connectivity index (χ1v) is 15.2. The van der Waals surface area contributed by atoms with Crippen LogP contribution in [0.5, 0.6) is 0 Å². The van der Waals surface area contributed by atoms with Gasteiger partial charge in [-0.3, -0.25) is 14.4 Å². The third kappa shape index (κ3) is 5.04. The molecule has 210 valence electrons. The third-order valence-corrected chi connectivity index (χ3v) is 10.6. The Labute approximate surface area is 239 Å². The molecule has 1 aromatic rings. The Morgan fingerprint density at radius 1 is 1.03 bits per heavy atom. The van der Waals surface area contributed by atoms with Gasteiger partial charge in [0.1, 0.15) is 6.04 Å². The number of esters is 1. The number of para-hydroxylation sites is 1. The number of thioether (sulfide) groups is 1. The molecule has 39 heavy (non-hydrogen) atoms. The molecule has 2 fully saturated rings. The lowest BCUT2D eigenvalue weighted by molar-refractivity contribution is -0.154. The molecule has 1 aromatic carbocycles. The number of hydrogen-bond acceptors (Lipinski definition) is 6. The lowest BCUT2D eigenvalue weighted by Crippen LogP contribution is -2.53. The summed E-state index contributed by atoms with van der Waals surface area (Å²) >= 11 is 8.10. The van der Waals surface area contributed by atoms with Crippen LogP contribution in [0.4, 0.5) is 5.69 Å². The van der Waals surface area contributed by atoms with Crippen molar-refractivity contribution in [3.8, 4) is 0 Å². The van der Waals surface area contributed by atoms with Gasteiger partial charge in [-0.15, -0.1) is 11.8 Å².